The standard InChI is InChI=1S/C13H18FN3O3S/c1-8-6-9(14)10(15)7-12(8)21(19,20)17-5-3-2-4-11(17)13(16)18/h6-7,11H,2-5,15H2,1H3,(H2,16,18). The summed E-state index contributed by atoms with van der Waals surface area (Å²) in [5, 5.41) is 0. The lowest BCUT2D eigenvalue weighted by molar-refractivity contribution is -0.122. The van der Waals surface area contributed by atoms with Gasteiger partial charge in [-0.2, -0.15) is 4.31 Å². The molecule has 1 aliphatic heterocycles. The van der Waals surface area contributed by atoms with Crippen LogP contribution in [-0.4, -0.2) is 31.2 Å². The molecule has 0 bridgehead atoms. The first-order valence-corrected chi connectivity index (χ1v) is 8.06. The zero-order chi connectivity index (χ0) is 15.8. The number of sulfonamides is 1. The minimum Gasteiger partial charge on any atom is -0.396 e. The highest BCUT2D eigenvalue weighted by Crippen LogP contribution is 2.29. The molecule has 1 aromatic rings. The number of amides is 1. The molecule has 8 heteroatoms. The maximum atomic E-state index is 13.4. The maximum Gasteiger partial charge on any atom is 0.244 e. The number of primary amides is 1. The predicted octanol–water partition coefficient (Wildman–Crippen LogP) is 0.745. The molecule has 1 amide bonds. The number of benzene rings is 1. The number of nitrogens with two attached hydrogens (primary N) is 2. The fourth-order valence-corrected chi connectivity index (χ4v) is 4.46. The first-order chi connectivity index (χ1) is 9.75. The fourth-order valence-electron chi connectivity index (χ4n) is 2.55. The Labute approximate surface area is 123 Å². The number of carbonyl (C=O) groups is 1. The van der Waals surface area contributed by atoms with Gasteiger partial charge in [0.2, 0.25) is 15.9 Å². The molecule has 1 heterocycles. The number of rotatable bonds is 3. The van der Waals surface area contributed by atoms with Crippen LogP contribution < -0.4 is 11.5 Å². The Morgan fingerprint density at radius 3 is 2.67 bits per heavy atom. The quantitative estimate of drug-likeness (QED) is 0.802. The summed E-state index contributed by atoms with van der Waals surface area (Å²) in [7, 11) is -3.94. The summed E-state index contributed by atoms with van der Waals surface area (Å²) in [5.74, 6) is -1.34. The lowest BCUT2D eigenvalue weighted by Gasteiger charge is -2.33. The third-order valence-electron chi connectivity index (χ3n) is 3.66. The number of carbonyl (C=O) groups excluding carboxylic acids is 1. The van der Waals surface area contributed by atoms with Gasteiger partial charge in [-0.3, -0.25) is 4.79 Å². The Hall–Kier alpha value is -1.67. The Morgan fingerprint density at radius 1 is 1.38 bits per heavy atom. The maximum absolute atomic E-state index is 13.4. The van der Waals surface area contributed by atoms with Crippen molar-refractivity contribution >= 4 is 21.6 Å². The van der Waals surface area contributed by atoms with Crippen molar-refractivity contribution in [3.05, 3.63) is 23.5 Å². The Morgan fingerprint density at radius 2 is 2.05 bits per heavy atom. The highest BCUT2D eigenvalue weighted by molar-refractivity contribution is 7.89. The summed E-state index contributed by atoms with van der Waals surface area (Å²) in [6.07, 6.45) is 1.78. The molecule has 1 saturated heterocycles. The molecule has 6 nitrogen and oxygen atoms in total. The molecule has 1 unspecified atom stereocenters. The van der Waals surface area contributed by atoms with Gasteiger partial charge < -0.3 is 11.5 Å². The van der Waals surface area contributed by atoms with Gasteiger partial charge >= 0.3 is 0 Å². The number of nitrogen functional groups attached to an aromatic ring is 1. The van der Waals surface area contributed by atoms with Crippen molar-refractivity contribution in [3.8, 4) is 0 Å². The van der Waals surface area contributed by atoms with Gasteiger partial charge in [0.15, 0.2) is 0 Å². The second-order valence-corrected chi connectivity index (χ2v) is 7.03. The average Bonchev–Trinajstić information content (AvgIpc) is 2.42. The second-order valence-electron chi connectivity index (χ2n) is 5.17. The van der Waals surface area contributed by atoms with Crippen LogP contribution in [-0.2, 0) is 14.8 Å². The first-order valence-electron chi connectivity index (χ1n) is 6.62. The lowest BCUT2D eigenvalue weighted by atomic mass is 10.0. The van der Waals surface area contributed by atoms with E-state index in [4.69, 9.17) is 11.5 Å². The van der Waals surface area contributed by atoms with E-state index < -0.39 is 27.8 Å². The monoisotopic (exact) mass is 315 g/mol. The molecule has 1 aliphatic rings. The topological polar surface area (TPSA) is 106 Å². The molecule has 1 aromatic carbocycles. The molecule has 4 N–H and O–H groups in total. The molecule has 0 saturated carbocycles. The lowest BCUT2D eigenvalue weighted by Crippen LogP contribution is -2.50. The molecule has 2 rings (SSSR count). The normalized spacial score (nSPS) is 20.4. The van der Waals surface area contributed by atoms with E-state index >= 15 is 0 Å². The second kappa shape index (κ2) is 5.61. The highest BCUT2D eigenvalue weighted by Gasteiger charge is 2.37. The molecule has 116 valence electrons. The van der Waals surface area contributed by atoms with Crippen molar-refractivity contribution in [2.24, 2.45) is 5.73 Å². The summed E-state index contributed by atoms with van der Waals surface area (Å²) in [5.41, 5.74) is 10.8. The minimum atomic E-state index is -3.94. The number of anilines is 1. The van der Waals surface area contributed by atoms with E-state index in [1.165, 1.54) is 6.92 Å². The average molecular weight is 315 g/mol. The van der Waals surface area contributed by atoms with E-state index in [0.717, 1.165) is 22.9 Å². The van der Waals surface area contributed by atoms with Crippen LogP contribution in [0.5, 0.6) is 0 Å². The van der Waals surface area contributed by atoms with Crippen molar-refractivity contribution in [3.63, 3.8) is 0 Å². The molecule has 0 aromatic heterocycles. The molecule has 0 spiro atoms. The number of hydrogen-bond donors (Lipinski definition) is 2. The SMILES string of the molecule is Cc1cc(F)c(N)cc1S(=O)(=O)N1CCCCC1C(N)=O. The zero-order valence-electron chi connectivity index (χ0n) is 11.7. The van der Waals surface area contributed by atoms with Gasteiger partial charge in [-0.05, 0) is 37.5 Å². The van der Waals surface area contributed by atoms with Crippen LogP contribution in [0.1, 0.15) is 24.8 Å². The highest BCUT2D eigenvalue weighted by atomic mass is 32.2. The Balaban J connectivity index is 2.50. The smallest absolute Gasteiger partial charge is 0.244 e. The van der Waals surface area contributed by atoms with Gasteiger partial charge in [0.1, 0.15) is 11.9 Å². The number of aryl methyl sites for hydroxylation is 1. The van der Waals surface area contributed by atoms with Crippen molar-refractivity contribution < 1.29 is 17.6 Å². The summed E-state index contributed by atoms with van der Waals surface area (Å²) < 4.78 is 39.9. The Kier molecular flexibility index (Phi) is 4.20. The van der Waals surface area contributed by atoms with Crippen LogP contribution in [0, 0.1) is 12.7 Å². The van der Waals surface area contributed by atoms with Crippen LogP contribution >= 0.6 is 0 Å². The zero-order valence-corrected chi connectivity index (χ0v) is 12.5. The summed E-state index contributed by atoms with van der Waals surface area (Å²) in [6, 6.07) is 1.30. The number of piperidine rings is 1. The van der Waals surface area contributed by atoms with Crippen molar-refractivity contribution in [1.29, 1.82) is 0 Å². The van der Waals surface area contributed by atoms with E-state index in [0.29, 0.717) is 12.8 Å². The third kappa shape index (κ3) is 2.86. The van der Waals surface area contributed by atoms with Gasteiger partial charge in [-0.25, -0.2) is 12.8 Å². The minimum absolute atomic E-state index is 0.0884. The number of nitrogens with zero attached hydrogens (tertiary/aromatic N) is 1. The van der Waals surface area contributed by atoms with Gasteiger partial charge in [-0.1, -0.05) is 6.42 Å². The fraction of sp³-hybridized carbons (Fsp3) is 0.462. The van der Waals surface area contributed by atoms with E-state index in [2.05, 4.69) is 0 Å². The molecule has 21 heavy (non-hydrogen) atoms. The van der Waals surface area contributed by atoms with Crippen LogP contribution in [0.15, 0.2) is 17.0 Å². The van der Waals surface area contributed by atoms with Crippen LogP contribution in [0.3, 0.4) is 0 Å². The number of hydrogen-bond acceptors (Lipinski definition) is 4. The van der Waals surface area contributed by atoms with Crippen LogP contribution in [0.4, 0.5) is 10.1 Å². The van der Waals surface area contributed by atoms with E-state index in [1.54, 1.807) is 0 Å². The van der Waals surface area contributed by atoms with Crippen LogP contribution in [0.25, 0.3) is 0 Å². The summed E-state index contributed by atoms with van der Waals surface area (Å²) in [6.45, 7) is 1.70. The van der Waals surface area contributed by atoms with Crippen LogP contribution in [0.2, 0.25) is 0 Å². The van der Waals surface area contributed by atoms with E-state index in [-0.39, 0.29) is 22.7 Å². The first kappa shape index (κ1) is 15.7. The van der Waals surface area contributed by atoms with Gasteiger partial charge in [0.05, 0.1) is 10.6 Å². The van der Waals surface area contributed by atoms with Crippen molar-refractivity contribution in [1.82, 2.24) is 4.31 Å². The molecule has 1 atom stereocenters. The molecule has 1 fully saturated rings. The number of halogens is 1. The summed E-state index contributed by atoms with van der Waals surface area (Å²) in [4.78, 5) is 11.4. The molecular weight excluding hydrogens is 297 g/mol. The summed E-state index contributed by atoms with van der Waals surface area (Å²) >= 11 is 0. The van der Waals surface area contributed by atoms with Crippen molar-refractivity contribution in [2.45, 2.75) is 37.1 Å². The van der Waals surface area contributed by atoms with E-state index in [1.807, 2.05) is 0 Å². The predicted molar refractivity (Wildman–Crippen MR) is 76.3 cm³/mol. The van der Waals surface area contributed by atoms with E-state index in [9.17, 15) is 17.6 Å². The molecular formula is C13H18FN3O3S. The van der Waals surface area contributed by atoms with Crippen molar-refractivity contribution in [2.75, 3.05) is 12.3 Å². The molecule has 0 aliphatic carbocycles. The third-order valence-corrected chi connectivity index (χ3v) is 5.71. The Bertz CT molecular complexity index is 675. The van der Waals surface area contributed by atoms with Gasteiger partial charge in [0.25, 0.3) is 0 Å². The molecule has 0 radical (unpaired) electrons. The van der Waals surface area contributed by atoms with Gasteiger partial charge in [0, 0.05) is 6.54 Å². The van der Waals surface area contributed by atoms with Gasteiger partial charge in [-0.15, -0.1) is 0 Å². The largest absolute Gasteiger partial charge is 0.396 e.